The molecule has 0 nitrogen and oxygen atoms in total. The Balaban J connectivity index is 0.713. The first kappa shape index (κ1) is 85.3. The Hall–Kier alpha value is -5.28. The van der Waals surface area contributed by atoms with Crippen LogP contribution in [0.25, 0.3) is 150 Å². The van der Waals surface area contributed by atoms with Gasteiger partial charge in [-0.1, -0.05) is 157 Å². The molecule has 0 saturated heterocycles. The van der Waals surface area contributed by atoms with Crippen LogP contribution >= 0.6 is 170 Å². The molecule has 0 spiro atoms. The summed E-state index contributed by atoms with van der Waals surface area (Å²) in [6.07, 6.45) is 38.1. The molecule has 15 aromatic heterocycles. The number of hydrogen-bond donors (Lipinski definition) is 0. The number of thiophene rings is 15. The summed E-state index contributed by atoms with van der Waals surface area (Å²) in [4.78, 5) is 41.8. The lowest BCUT2D eigenvalue weighted by Gasteiger charge is -2.07. The molecular weight excluding hydrogens is 1710 g/mol. The Labute approximate surface area is 757 Å². The Kier molecular flexibility index (Phi) is 30.8. The van der Waals surface area contributed by atoms with E-state index in [-0.39, 0.29) is 0 Å². The molecule has 15 heterocycles. The van der Waals surface area contributed by atoms with Gasteiger partial charge in [-0.3, -0.25) is 0 Å². The second-order valence-electron chi connectivity index (χ2n) is 31.3. The van der Waals surface area contributed by atoms with Gasteiger partial charge in [-0.05, 0) is 276 Å². The number of hydrogen-bond acceptors (Lipinski definition) is 15. The van der Waals surface area contributed by atoms with Crippen molar-refractivity contribution in [2.45, 2.75) is 234 Å². The second-order valence-corrected chi connectivity index (χ2v) is 48.0. The highest BCUT2D eigenvalue weighted by Gasteiger charge is 2.25. The van der Waals surface area contributed by atoms with Crippen molar-refractivity contribution in [3.63, 3.8) is 0 Å². The predicted octanol–water partition coefficient (Wildman–Crippen LogP) is 40.4. The molecule has 117 heavy (non-hydrogen) atoms. The molecular formula is C102H108S15. The molecule has 0 saturated carbocycles. The zero-order valence-electron chi connectivity index (χ0n) is 68.7. The summed E-state index contributed by atoms with van der Waals surface area (Å²) < 4.78 is 0. The van der Waals surface area contributed by atoms with E-state index in [4.69, 9.17) is 0 Å². The van der Waals surface area contributed by atoms with Gasteiger partial charge in [0.25, 0.3) is 0 Å². The Morgan fingerprint density at radius 2 is 0.325 bits per heavy atom. The van der Waals surface area contributed by atoms with E-state index in [0.717, 1.165) is 0 Å². The minimum atomic E-state index is 1.18. The molecule has 0 amide bonds. The minimum Gasteiger partial charge on any atom is -0.140 e. The molecule has 0 fully saturated rings. The molecule has 0 atom stereocenters. The van der Waals surface area contributed by atoms with Gasteiger partial charge < -0.3 is 0 Å². The third-order valence-corrected chi connectivity index (χ3v) is 40.9. The molecule has 606 valence electrons. The number of benzene rings is 1. The van der Waals surface area contributed by atoms with Crippen molar-refractivity contribution in [3.8, 4) is 150 Å². The van der Waals surface area contributed by atoms with Gasteiger partial charge in [-0.15, -0.1) is 170 Å². The number of aryl methyl sites for hydroxylation is 6. The van der Waals surface area contributed by atoms with Gasteiger partial charge in [0.1, 0.15) is 0 Å². The van der Waals surface area contributed by atoms with Crippen LogP contribution < -0.4 is 0 Å². The fourth-order valence-corrected chi connectivity index (χ4v) is 32.6. The number of unbranched alkanes of at least 4 members (excludes halogenated alkanes) is 18. The van der Waals surface area contributed by atoms with E-state index in [2.05, 4.69) is 224 Å². The largest absolute Gasteiger partial charge is 0.140 e. The van der Waals surface area contributed by atoms with E-state index in [1.807, 2.05) is 170 Å². The molecule has 0 N–H and O–H groups in total. The standard InChI is InChI=1S/C102H108S15/c1-7-13-19-25-31-70-37-43-82(103-70)76-64-97(115-100(76)94-46-40-73(106-94)34-28-22-16-10-4)91-58-55-88(112-91)85-52-49-79(109-85)67-61-68(80-50-53-86(110-80)89-56-59-92(113-89)98-65-77(83-44-38-71(104-83)32-26-20-14-8-2)101(116-98)95-47-41-74(107-95)35-29-23-17-11-5)63-69(62-67)81-51-54-87(111-81)90-57-60-93(114-90)99-66-78(84-45-39-72(105-84)33-27-21-15-9-3)102(117-99)96-48-42-75(108-96)36-30-24-18-12-6/h37-66H,7-36H2,1-6H3. The van der Waals surface area contributed by atoms with Crippen molar-refractivity contribution < 1.29 is 0 Å². The highest BCUT2D eigenvalue weighted by atomic mass is 32.2. The van der Waals surface area contributed by atoms with Crippen LogP contribution in [0, 0.1) is 0 Å². The predicted molar refractivity (Wildman–Crippen MR) is 543 cm³/mol. The van der Waals surface area contributed by atoms with E-state index < -0.39 is 0 Å². The third-order valence-electron chi connectivity index (χ3n) is 22.2. The van der Waals surface area contributed by atoms with Gasteiger partial charge in [0.05, 0.1) is 14.6 Å². The molecule has 0 unspecified atom stereocenters. The third kappa shape index (κ3) is 21.5. The Morgan fingerprint density at radius 3 is 0.547 bits per heavy atom. The fourth-order valence-electron chi connectivity index (χ4n) is 15.6. The first-order valence-electron chi connectivity index (χ1n) is 43.4. The van der Waals surface area contributed by atoms with Crippen LogP contribution in [0.5, 0.6) is 0 Å². The number of rotatable bonds is 45. The van der Waals surface area contributed by atoms with E-state index >= 15 is 0 Å². The first-order valence-corrected chi connectivity index (χ1v) is 55.6. The summed E-state index contributed by atoms with van der Waals surface area (Å²) in [5.74, 6) is 0. The van der Waals surface area contributed by atoms with Gasteiger partial charge in [-0.2, -0.15) is 0 Å². The van der Waals surface area contributed by atoms with Crippen LogP contribution in [0.4, 0.5) is 0 Å². The lowest BCUT2D eigenvalue weighted by atomic mass is 10.0. The van der Waals surface area contributed by atoms with Crippen molar-refractivity contribution in [1.82, 2.24) is 0 Å². The quantitative estimate of drug-likeness (QED) is 0.0334. The normalized spacial score (nSPS) is 11.8. The smallest absolute Gasteiger partial charge is 0.0536 e. The minimum absolute atomic E-state index is 1.18. The molecule has 15 heteroatoms. The zero-order chi connectivity index (χ0) is 79.8. The van der Waals surface area contributed by atoms with E-state index in [9.17, 15) is 0 Å². The highest BCUT2D eigenvalue weighted by Crippen LogP contribution is 2.55. The topological polar surface area (TPSA) is 0 Å². The van der Waals surface area contributed by atoms with Gasteiger partial charge in [0.15, 0.2) is 0 Å². The second kappa shape index (κ2) is 42.2. The molecule has 0 aliphatic heterocycles. The van der Waals surface area contributed by atoms with E-state index in [0.29, 0.717) is 0 Å². The van der Waals surface area contributed by atoms with Gasteiger partial charge in [0, 0.05) is 148 Å². The van der Waals surface area contributed by atoms with Crippen LogP contribution in [0.15, 0.2) is 182 Å². The highest BCUT2D eigenvalue weighted by molar-refractivity contribution is 7.32. The molecule has 0 radical (unpaired) electrons. The van der Waals surface area contributed by atoms with Crippen LogP contribution in [0.2, 0.25) is 0 Å². The monoisotopic (exact) mass is 1810 g/mol. The fraction of sp³-hybridized carbons (Fsp3) is 0.353. The lowest BCUT2D eigenvalue weighted by Crippen LogP contribution is -1.81. The average Bonchev–Trinajstić information content (AvgIpc) is 1.64. The van der Waals surface area contributed by atoms with E-state index in [1.165, 1.54) is 372 Å². The maximum Gasteiger partial charge on any atom is 0.0536 e. The van der Waals surface area contributed by atoms with Crippen LogP contribution in [0.3, 0.4) is 0 Å². The SMILES string of the molecule is CCCCCCc1ccc(-c2cc(-c3ccc(-c4ccc(-c5cc(-c6ccc(-c7ccc(-c8cc(-c9ccc(CCCCCC)s9)c(-c9ccc(CCCCCC)s9)s8)s7)s6)cc(-c6ccc(-c7ccc(-c8cc(-c9ccc(CCCCCC)s9)c(-c9ccc(CCCCCC)s9)s8)s7)s6)c5)s4)s3)sc2-c2ccc(CCCCCC)s2)s1. The summed E-state index contributed by atoms with van der Waals surface area (Å²) in [7, 11) is 0. The van der Waals surface area contributed by atoms with E-state index in [1.54, 1.807) is 0 Å². The van der Waals surface area contributed by atoms with Gasteiger partial charge in [-0.25, -0.2) is 0 Å². The van der Waals surface area contributed by atoms with Crippen molar-refractivity contribution >= 4 is 170 Å². The zero-order valence-corrected chi connectivity index (χ0v) is 80.9. The van der Waals surface area contributed by atoms with Gasteiger partial charge in [0.2, 0.25) is 0 Å². The van der Waals surface area contributed by atoms with Crippen molar-refractivity contribution in [2.75, 3.05) is 0 Å². The summed E-state index contributed by atoms with van der Waals surface area (Å²) >= 11 is 29.8. The Morgan fingerprint density at radius 1 is 0.145 bits per heavy atom. The molecule has 1 aromatic carbocycles. The summed E-state index contributed by atoms with van der Waals surface area (Å²) in [6, 6.07) is 72.8. The average molecular weight is 1810 g/mol. The van der Waals surface area contributed by atoms with Crippen LogP contribution in [-0.4, -0.2) is 0 Å². The Bertz CT molecular complexity index is 4990. The summed E-state index contributed by atoms with van der Waals surface area (Å²) in [5.41, 5.74) is 8.02. The lowest BCUT2D eigenvalue weighted by molar-refractivity contribution is 0.670. The van der Waals surface area contributed by atoms with Gasteiger partial charge >= 0.3 is 0 Å². The molecule has 0 bridgehead atoms. The maximum absolute atomic E-state index is 2.53. The first-order chi connectivity index (χ1) is 57.6. The van der Waals surface area contributed by atoms with Crippen LogP contribution in [-0.2, 0) is 38.5 Å². The van der Waals surface area contributed by atoms with Crippen molar-refractivity contribution in [3.05, 3.63) is 211 Å². The van der Waals surface area contributed by atoms with Crippen LogP contribution in [0.1, 0.15) is 225 Å². The summed E-state index contributed by atoms with van der Waals surface area (Å²) in [5, 5.41) is 0. The maximum atomic E-state index is 2.53. The molecule has 16 aromatic rings. The molecule has 16 rings (SSSR count). The summed E-state index contributed by atoms with van der Waals surface area (Å²) in [6.45, 7) is 13.9. The molecule has 0 aliphatic rings. The van der Waals surface area contributed by atoms with Crippen molar-refractivity contribution in [2.24, 2.45) is 0 Å². The van der Waals surface area contributed by atoms with Crippen molar-refractivity contribution in [1.29, 1.82) is 0 Å². The molecule has 0 aliphatic carbocycles.